The molecule has 1 aliphatic rings. The van der Waals surface area contributed by atoms with Gasteiger partial charge in [-0.05, 0) is 50.6 Å². The third kappa shape index (κ3) is 3.08. The van der Waals surface area contributed by atoms with Crippen LogP contribution < -0.4 is 10.2 Å². The molecule has 0 saturated heterocycles. The highest BCUT2D eigenvalue weighted by Crippen LogP contribution is 2.38. The van der Waals surface area contributed by atoms with Crippen molar-refractivity contribution >= 4 is 33.4 Å². The first-order chi connectivity index (χ1) is 11.3. The highest BCUT2D eigenvalue weighted by molar-refractivity contribution is 9.10. The summed E-state index contributed by atoms with van der Waals surface area (Å²) in [5, 5.41) is 2.99. The predicted octanol–water partition coefficient (Wildman–Crippen LogP) is 4.07. The Morgan fingerprint density at radius 3 is 2.50 bits per heavy atom. The fraction of sp³-hybridized carbons (Fsp3) is 0.263. The molecule has 0 aliphatic carbocycles. The van der Waals surface area contributed by atoms with Gasteiger partial charge >= 0.3 is 0 Å². The Hall–Kier alpha value is -2.14. The van der Waals surface area contributed by atoms with Crippen molar-refractivity contribution in [2.24, 2.45) is 0 Å². The molecule has 0 aromatic heterocycles. The van der Waals surface area contributed by atoms with Gasteiger partial charge in [0.1, 0.15) is 6.04 Å². The summed E-state index contributed by atoms with van der Waals surface area (Å²) in [6.45, 7) is 5.78. The standard InChI is InChI=1S/C19H19BrN2O2/c1-19(2,3)21-17(23)16-14-9-4-5-10-15(14)18(24)22(16)13-8-6-7-12(20)11-13/h4-11,16H,1-3H3,(H,21,23). The molecule has 24 heavy (non-hydrogen) atoms. The Balaban J connectivity index is 2.09. The molecule has 0 bridgehead atoms. The second kappa shape index (κ2) is 6.06. The summed E-state index contributed by atoms with van der Waals surface area (Å²) in [5.74, 6) is -0.335. The lowest BCUT2D eigenvalue weighted by atomic mass is 10.0. The highest BCUT2D eigenvalue weighted by atomic mass is 79.9. The normalized spacial score (nSPS) is 16.9. The van der Waals surface area contributed by atoms with Crippen LogP contribution >= 0.6 is 15.9 Å². The fourth-order valence-corrected chi connectivity index (χ4v) is 3.29. The molecular weight excluding hydrogens is 368 g/mol. The zero-order chi connectivity index (χ0) is 17.5. The molecule has 0 spiro atoms. The lowest BCUT2D eigenvalue weighted by Gasteiger charge is -2.29. The maximum atomic E-state index is 12.9. The van der Waals surface area contributed by atoms with Crippen LogP contribution in [0.5, 0.6) is 0 Å². The molecule has 5 heteroatoms. The van der Waals surface area contributed by atoms with E-state index in [9.17, 15) is 9.59 Å². The number of hydrogen-bond donors (Lipinski definition) is 1. The summed E-state index contributed by atoms with van der Waals surface area (Å²) in [7, 11) is 0. The van der Waals surface area contributed by atoms with Crippen molar-refractivity contribution in [3.8, 4) is 0 Å². The van der Waals surface area contributed by atoms with Crippen molar-refractivity contribution in [1.29, 1.82) is 0 Å². The largest absolute Gasteiger partial charge is 0.349 e. The SMILES string of the molecule is CC(C)(C)NC(=O)C1c2ccccc2C(=O)N1c1cccc(Br)c1. The number of benzene rings is 2. The van der Waals surface area contributed by atoms with Gasteiger partial charge in [-0.15, -0.1) is 0 Å². The summed E-state index contributed by atoms with van der Waals surface area (Å²) in [5.41, 5.74) is 1.64. The number of rotatable bonds is 2. The van der Waals surface area contributed by atoms with Gasteiger partial charge in [-0.3, -0.25) is 14.5 Å². The monoisotopic (exact) mass is 386 g/mol. The van der Waals surface area contributed by atoms with Crippen molar-refractivity contribution in [2.45, 2.75) is 32.4 Å². The van der Waals surface area contributed by atoms with Gasteiger partial charge in [-0.1, -0.05) is 40.2 Å². The van der Waals surface area contributed by atoms with Crippen LogP contribution in [0.3, 0.4) is 0 Å². The maximum Gasteiger partial charge on any atom is 0.259 e. The highest BCUT2D eigenvalue weighted by Gasteiger charge is 2.42. The summed E-state index contributed by atoms with van der Waals surface area (Å²) >= 11 is 3.43. The molecule has 2 aromatic rings. The Bertz CT molecular complexity index is 811. The summed E-state index contributed by atoms with van der Waals surface area (Å²) in [4.78, 5) is 27.4. The molecule has 1 aliphatic heterocycles. The van der Waals surface area contributed by atoms with Crippen LogP contribution in [-0.2, 0) is 4.79 Å². The molecule has 1 N–H and O–H groups in total. The van der Waals surface area contributed by atoms with Crippen LogP contribution in [0.4, 0.5) is 5.69 Å². The summed E-state index contributed by atoms with van der Waals surface area (Å²) in [6.07, 6.45) is 0. The van der Waals surface area contributed by atoms with Crippen molar-refractivity contribution in [1.82, 2.24) is 5.32 Å². The lowest BCUT2D eigenvalue weighted by Crippen LogP contribution is -2.47. The average Bonchev–Trinajstić information content (AvgIpc) is 2.79. The van der Waals surface area contributed by atoms with E-state index in [0.717, 1.165) is 10.0 Å². The number of nitrogens with zero attached hydrogens (tertiary/aromatic N) is 1. The summed E-state index contributed by atoms with van der Waals surface area (Å²) in [6, 6.07) is 14.1. The zero-order valence-corrected chi connectivity index (χ0v) is 15.4. The number of anilines is 1. The first-order valence-corrected chi connectivity index (χ1v) is 8.57. The van der Waals surface area contributed by atoms with Gasteiger partial charge in [0.2, 0.25) is 5.91 Å². The molecule has 4 nitrogen and oxygen atoms in total. The minimum atomic E-state index is -0.665. The molecule has 2 aromatic carbocycles. The predicted molar refractivity (Wildman–Crippen MR) is 98.0 cm³/mol. The Labute approximate surface area is 150 Å². The van der Waals surface area contributed by atoms with Gasteiger partial charge in [0.15, 0.2) is 0 Å². The molecule has 0 radical (unpaired) electrons. The number of hydrogen-bond acceptors (Lipinski definition) is 2. The van der Waals surface area contributed by atoms with Crippen LogP contribution in [0.25, 0.3) is 0 Å². The van der Waals surface area contributed by atoms with E-state index >= 15 is 0 Å². The van der Waals surface area contributed by atoms with Crippen molar-refractivity contribution in [3.63, 3.8) is 0 Å². The number of carbonyl (C=O) groups excluding carboxylic acids is 2. The minimum absolute atomic E-state index is 0.155. The van der Waals surface area contributed by atoms with Gasteiger partial charge in [-0.2, -0.15) is 0 Å². The number of carbonyl (C=O) groups is 2. The summed E-state index contributed by atoms with van der Waals surface area (Å²) < 4.78 is 0.860. The first kappa shape index (κ1) is 16.7. The number of nitrogens with one attached hydrogen (secondary N) is 1. The van der Waals surface area contributed by atoms with Crippen LogP contribution in [0.1, 0.15) is 42.7 Å². The molecular formula is C19H19BrN2O2. The quantitative estimate of drug-likeness (QED) is 0.845. The maximum absolute atomic E-state index is 12.9. The zero-order valence-electron chi connectivity index (χ0n) is 13.8. The van der Waals surface area contributed by atoms with Gasteiger partial charge in [0, 0.05) is 21.3 Å². The van der Waals surface area contributed by atoms with E-state index in [0.29, 0.717) is 11.3 Å². The van der Waals surface area contributed by atoms with E-state index in [2.05, 4.69) is 21.2 Å². The van der Waals surface area contributed by atoms with E-state index in [-0.39, 0.29) is 17.4 Å². The molecule has 1 atom stereocenters. The van der Waals surface area contributed by atoms with Crippen molar-refractivity contribution < 1.29 is 9.59 Å². The fourth-order valence-electron chi connectivity index (χ4n) is 2.91. The molecule has 124 valence electrons. The second-order valence-corrected chi connectivity index (χ2v) is 7.80. The van der Waals surface area contributed by atoms with Gasteiger partial charge < -0.3 is 5.32 Å². The number of amides is 2. The average molecular weight is 387 g/mol. The lowest BCUT2D eigenvalue weighted by molar-refractivity contribution is -0.123. The van der Waals surface area contributed by atoms with Gasteiger partial charge in [-0.25, -0.2) is 0 Å². The van der Waals surface area contributed by atoms with Gasteiger partial charge in [0.25, 0.3) is 5.91 Å². The minimum Gasteiger partial charge on any atom is -0.349 e. The van der Waals surface area contributed by atoms with Crippen LogP contribution in [-0.4, -0.2) is 17.4 Å². The number of halogens is 1. The first-order valence-electron chi connectivity index (χ1n) is 7.78. The van der Waals surface area contributed by atoms with Crippen molar-refractivity contribution in [2.75, 3.05) is 4.90 Å². The molecule has 1 heterocycles. The molecule has 2 amide bonds. The van der Waals surface area contributed by atoms with Gasteiger partial charge in [0.05, 0.1) is 0 Å². The third-order valence-corrected chi connectivity index (χ3v) is 4.29. The number of fused-ring (bicyclic) bond motifs is 1. The van der Waals surface area contributed by atoms with E-state index in [4.69, 9.17) is 0 Å². The topological polar surface area (TPSA) is 49.4 Å². The molecule has 0 saturated carbocycles. The van der Waals surface area contributed by atoms with E-state index < -0.39 is 6.04 Å². The second-order valence-electron chi connectivity index (χ2n) is 6.88. The van der Waals surface area contributed by atoms with Crippen molar-refractivity contribution in [3.05, 3.63) is 64.1 Å². The molecule has 3 rings (SSSR count). The van der Waals surface area contributed by atoms with Crippen LogP contribution in [0, 0.1) is 0 Å². The van der Waals surface area contributed by atoms with E-state index in [1.165, 1.54) is 0 Å². The Kier molecular flexibility index (Phi) is 4.22. The molecule has 1 unspecified atom stereocenters. The van der Waals surface area contributed by atoms with Crippen LogP contribution in [0.2, 0.25) is 0 Å². The molecule has 0 fully saturated rings. The van der Waals surface area contributed by atoms with E-state index in [1.54, 1.807) is 11.0 Å². The van der Waals surface area contributed by atoms with E-state index in [1.807, 2.05) is 63.2 Å². The third-order valence-electron chi connectivity index (χ3n) is 3.80. The smallest absolute Gasteiger partial charge is 0.259 e. The Morgan fingerprint density at radius 1 is 1.12 bits per heavy atom. The Morgan fingerprint density at radius 2 is 1.83 bits per heavy atom. The van der Waals surface area contributed by atoms with Crippen LogP contribution in [0.15, 0.2) is 53.0 Å².